The molecule has 2 aliphatic rings. The summed E-state index contributed by atoms with van der Waals surface area (Å²) in [6.45, 7) is 10.3. The molecule has 2 heterocycles. The molecule has 1 aliphatic heterocycles. The van der Waals surface area contributed by atoms with Crippen LogP contribution < -0.4 is 0 Å². The van der Waals surface area contributed by atoms with Crippen molar-refractivity contribution >= 4 is 10.9 Å². The van der Waals surface area contributed by atoms with Crippen molar-refractivity contribution in [1.29, 1.82) is 5.26 Å². The van der Waals surface area contributed by atoms with Gasteiger partial charge in [-0.1, -0.05) is 32.0 Å². The third-order valence-corrected chi connectivity index (χ3v) is 7.59. The molecule has 0 amide bonds. The number of hydrogen-bond donors (Lipinski definition) is 0. The molecule has 1 saturated heterocycles. The van der Waals surface area contributed by atoms with Crippen molar-refractivity contribution < 1.29 is 9.47 Å². The molecule has 2 aromatic carbocycles. The topological polar surface area (TPSA) is 47.2 Å². The number of fused-ring (bicyclic) bond motifs is 1. The van der Waals surface area contributed by atoms with Crippen molar-refractivity contribution in [3.63, 3.8) is 0 Å². The third-order valence-electron chi connectivity index (χ3n) is 7.59. The van der Waals surface area contributed by atoms with E-state index in [1.54, 1.807) is 0 Å². The van der Waals surface area contributed by atoms with Gasteiger partial charge in [0.1, 0.15) is 0 Å². The van der Waals surface area contributed by atoms with Crippen LogP contribution in [0.1, 0.15) is 67.8 Å². The summed E-state index contributed by atoms with van der Waals surface area (Å²) >= 11 is 0. The number of rotatable bonds is 4. The van der Waals surface area contributed by atoms with Crippen molar-refractivity contribution in [3.05, 3.63) is 58.8 Å². The summed E-state index contributed by atoms with van der Waals surface area (Å²) in [4.78, 5) is 0. The van der Waals surface area contributed by atoms with E-state index in [-0.39, 0.29) is 5.79 Å². The monoisotopic (exact) mass is 442 g/mol. The summed E-state index contributed by atoms with van der Waals surface area (Å²) in [5, 5.41) is 10.9. The number of aromatic nitrogens is 1. The Morgan fingerprint density at radius 3 is 2.48 bits per heavy atom. The van der Waals surface area contributed by atoms with Crippen molar-refractivity contribution in [2.45, 2.75) is 71.6 Å². The molecule has 1 aliphatic carbocycles. The van der Waals surface area contributed by atoms with Gasteiger partial charge in [-0.15, -0.1) is 0 Å². The van der Waals surface area contributed by atoms with Gasteiger partial charge < -0.3 is 14.0 Å². The molecule has 4 nitrogen and oxygen atoms in total. The average molecular weight is 443 g/mol. The van der Waals surface area contributed by atoms with Crippen molar-refractivity contribution in [3.8, 4) is 17.2 Å². The summed E-state index contributed by atoms with van der Waals surface area (Å²) in [6, 6.07) is 13.8. The second kappa shape index (κ2) is 8.63. The van der Waals surface area contributed by atoms with Gasteiger partial charge in [-0.2, -0.15) is 5.26 Å². The van der Waals surface area contributed by atoms with Gasteiger partial charge in [-0.25, -0.2) is 0 Å². The van der Waals surface area contributed by atoms with Crippen LogP contribution in [-0.2, 0) is 15.9 Å². The fraction of sp³-hybridized carbons (Fsp3) is 0.483. The molecule has 0 N–H and O–H groups in total. The molecule has 0 unspecified atom stereocenters. The van der Waals surface area contributed by atoms with E-state index >= 15 is 0 Å². The highest BCUT2D eigenvalue weighted by molar-refractivity contribution is 5.98. The smallest absolute Gasteiger partial charge is 0.168 e. The lowest BCUT2D eigenvalue weighted by Crippen LogP contribution is -2.35. The Kier molecular flexibility index (Phi) is 5.80. The molecule has 1 aromatic heterocycles. The van der Waals surface area contributed by atoms with E-state index in [2.05, 4.69) is 67.9 Å². The van der Waals surface area contributed by atoms with Crippen molar-refractivity contribution in [1.82, 2.24) is 4.57 Å². The first-order valence-corrected chi connectivity index (χ1v) is 12.3. The maximum absolute atomic E-state index is 9.73. The molecule has 1 spiro atoms. The largest absolute Gasteiger partial charge is 0.348 e. The van der Waals surface area contributed by atoms with Crippen molar-refractivity contribution in [2.75, 3.05) is 13.2 Å². The number of nitrogens with zero attached hydrogens (tertiary/aromatic N) is 2. The first-order chi connectivity index (χ1) is 15.9. The second-order valence-electron chi connectivity index (χ2n) is 10.3. The SMILES string of the molecule is Cc1cc2c(cc1C#N)c(-c1cccc(CC(C)C)c1C)cn2C1CCC2(CC1)OCCO2. The number of hydrogen-bond acceptors (Lipinski definition) is 3. The van der Waals surface area contributed by atoms with E-state index in [0.29, 0.717) is 25.2 Å². The predicted molar refractivity (Wildman–Crippen MR) is 132 cm³/mol. The minimum Gasteiger partial charge on any atom is -0.348 e. The minimum absolute atomic E-state index is 0.353. The van der Waals surface area contributed by atoms with E-state index in [9.17, 15) is 5.26 Å². The molecule has 0 radical (unpaired) electrons. The van der Waals surface area contributed by atoms with Crippen LogP contribution in [0, 0.1) is 31.1 Å². The van der Waals surface area contributed by atoms with E-state index in [1.807, 2.05) is 6.92 Å². The molecule has 3 aromatic rings. The maximum atomic E-state index is 9.73. The average Bonchev–Trinajstić information content (AvgIpc) is 3.40. The van der Waals surface area contributed by atoms with Gasteiger partial charge in [-0.05, 0) is 73.4 Å². The summed E-state index contributed by atoms with van der Waals surface area (Å²) in [7, 11) is 0. The fourth-order valence-corrected chi connectivity index (χ4v) is 5.78. The van der Waals surface area contributed by atoms with Crippen LogP contribution >= 0.6 is 0 Å². The van der Waals surface area contributed by atoms with E-state index in [4.69, 9.17) is 9.47 Å². The molecule has 5 rings (SSSR count). The normalized spacial score (nSPS) is 18.4. The number of benzene rings is 2. The van der Waals surface area contributed by atoms with Crippen LogP contribution in [0.2, 0.25) is 0 Å². The summed E-state index contributed by atoms with van der Waals surface area (Å²) in [6.07, 6.45) is 7.36. The lowest BCUT2D eigenvalue weighted by atomic mass is 9.89. The highest BCUT2D eigenvalue weighted by atomic mass is 16.7. The molecular formula is C29H34N2O2. The van der Waals surface area contributed by atoms with Crippen LogP contribution in [-0.4, -0.2) is 23.6 Å². The first kappa shape index (κ1) is 22.2. The highest BCUT2D eigenvalue weighted by Crippen LogP contribution is 2.44. The maximum Gasteiger partial charge on any atom is 0.168 e. The summed E-state index contributed by atoms with van der Waals surface area (Å²) in [5.41, 5.74) is 8.29. The van der Waals surface area contributed by atoms with Gasteiger partial charge in [0.15, 0.2) is 5.79 Å². The zero-order chi connectivity index (χ0) is 23.2. The van der Waals surface area contributed by atoms with Gasteiger partial charge >= 0.3 is 0 Å². The Balaban J connectivity index is 1.61. The number of nitriles is 1. The van der Waals surface area contributed by atoms with Crippen LogP contribution in [0.5, 0.6) is 0 Å². The Morgan fingerprint density at radius 1 is 1.09 bits per heavy atom. The molecule has 1 saturated carbocycles. The van der Waals surface area contributed by atoms with E-state index in [1.165, 1.54) is 33.2 Å². The molecule has 4 heteroatoms. The van der Waals surface area contributed by atoms with Gasteiger partial charge in [0.2, 0.25) is 0 Å². The number of ether oxygens (including phenoxy) is 2. The second-order valence-corrected chi connectivity index (χ2v) is 10.3. The Bertz CT molecular complexity index is 1210. The van der Waals surface area contributed by atoms with Crippen LogP contribution in [0.4, 0.5) is 0 Å². The molecule has 2 fully saturated rings. The Hall–Kier alpha value is -2.61. The van der Waals surface area contributed by atoms with Crippen LogP contribution in [0.3, 0.4) is 0 Å². The zero-order valence-corrected chi connectivity index (χ0v) is 20.3. The zero-order valence-electron chi connectivity index (χ0n) is 20.3. The molecular weight excluding hydrogens is 408 g/mol. The lowest BCUT2D eigenvalue weighted by molar-refractivity contribution is -0.181. The Morgan fingerprint density at radius 2 is 1.82 bits per heavy atom. The molecule has 0 bridgehead atoms. The van der Waals surface area contributed by atoms with E-state index < -0.39 is 0 Å². The standard InChI is InChI=1S/C29H34N2O2/c1-19(2)14-22-6-5-7-25(21(22)4)27-18-31(28-15-20(3)23(17-30)16-26(27)28)24-8-10-29(11-9-24)32-12-13-33-29/h5-7,15-16,18-19,24H,8-14H2,1-4H3. The van der Waals surface area contributed by atoms with Crippen LogP contribution in [0.25, 0.3) is 22.0 Å². The van der Waals surface area contributed by atoms with Gasteiger partial charge in [0.25, 0.3) is 0 Å². The lowest BCUT2D eigenvalue weighted by Gasteiger charge is -2.36. The fourth-order valence-electron chi connectivity index (χ4n) is 5.78. The highest BCUT2D eigenvalue weighted by Gasteiger charge is 2.41. The van der Waals surface area contributed by atoms with Crippen LogP contribution in [0.15, 0.2) is 36.5 Å². The van der Waals surface area contributed by atoms with Gasteiger partial charge in [0, 0.05) is 41.5 Å². The molecule has 172 valence electrons. The summed E-state index contributed by atoms with van der Waals surface area (Å²) in [5.74, 6) is 0.260. The third kappa shape index (κ3) is 3.98. The van der Waals surface area contributed by atoms with Gasteiger partial charge in [-0.3, -0.25) is 0 Å². The molecule has 33 heavy (non-hydrogen) atoms. The van der Waals surface area contributed by atoms with Gasteiger partial charge in [0.05, 0.1) is 24.8 Å². The Labute approximate surface area is 197 Å². The minimum atomic E-state index is -0.353. The van der Waals surface area contributed by atoms with Crippen molar-refractivity contribution in [2.24, 2.45) is 5.92 Å². The predicted octanol–water partition coefficient (Wildman–Crippen LogP) is 6.85. The summed E-state index contributed by atoms with van der Waals surface area (Å²) < 4.78 is 14.4. The number of aryl methyl sites for hydroxylation is 1. The van der Waals surface area contributed by atoms with E-state index in [0.717, 1.165) is 43.2 Å². The molecule has 0 atom stereocenters. The quantitative estimate of drug-likeness (QED) is 0.444. The first-order valence-electron chi connectivity index (χ1n) is 12.3.